The van der Waals surface area contributed by atoms with Crippen molar-refractivity contribution >= 4 is 29.3 Å². The topological polar surface area (TPSA) is 73.4 Å². The molecule has 0 fully saturated rings. The number of carbonyl (C=O) groups excluding carboxylic acids is 1. The summed E-state index contributed by atoms with van der Waals surface area (Å²) in [5.74, 6) is 2.44. The Bertz CT molecular complexity index is 1210. The van der Waals surface area contributed by atoms with Gasteiger partial charge in [0.2, 0.25) is 5.91 Å². The van der Waals surface area contributed by atoms with Gasteiger partial charge in [-0.1, -0.05) is 35.5 Å². The number of halogens is 1. The number of thioether (sulfide) groups is 1. The van der Waals surface area contributed by atoms with Crippen LogP contribution in [0.2, 0.25) is 5.02 Å². The minimum Gasteiger partial charge on any atom is -0.497 e. The zero-order chi connectivity index (χ0) is 23.2. The van der Waals surface area contributed by atoms with E-state index in [0.717, 1.165) is 22.6 Å². The van der Waals surface area contributed by atoms with Gasteiger partial charge in [-0.15, -0.1) is 10.2 Å². The molecule has 0 unspecified atom stereocenters. The molecule has 0 aliphatic carbocycles. The summed E-state index contributed by atoms with van der Waals surface area (Å²) in [7, 11) is 3.41. The van der Waals surface area contributed by atoms with Gasteiger partial charge in [-0.05, 0) is 54.1 Å². The molecule has 9 heteroatoms. The van der Waals surface area contributed by atoms with E-state index in [-0.39, 0.29) is 11.7 Å². The van der Waals surface area contributed by atoms with Crippen molar-refractivity contribution in [3.63, 3.8) is 0 Å². The molecule has 7 nitrogen and oxygen atoms in total. The lowest BCUT2D eigenvalue weighted by Crippen LogP contribution is -2.28. The van der Waals surface area contributed by atoms with Gasteiger partial charge in [-0.2, -0.15) is 0 Å². The summed E-state index contributed by atoms with van der Waals surface area (Å²) in [5.41, 5.74) is 1.88. The number of benzene rings is 2. The van der Waals surface area contributed by atoms with E-state index in [1.165, 1.54) is 11.8 Å². The number of aromatic nitrogens is 3. The third kappa shape index (κ3) is 5.77. The number of furan rings is 1. The predicted octanol–water partition coefficient (Wildman–Crippen LogP) is 5.00. The molecule has 0 saturated heterocycles. The minimum atomic E-state index is -0.0107. The van der Waals surface area contributed by atoms with Crippen molar-refractivity contribution in [2.45, 2.75) is 18.2 Å². The Balaban J connectivity index is 1.48. The summed E-state index contributed by atoms with van der Waals surface area (Å²) in [4.78, 5) is 14.5. The lowest BCUT2D eigenvalue weighted by atomic mass is 10.2. The number of nitrogens with zero attached hydrogens (tertiary/aromatic N) is 4. The Morgan fingerprint density at radius 3 is 2.70 bits per heavy atom. The number of rotatable bonds is 9. The van der Waals surface area contributed by atoms with Crippen LogP contribution in [0.5, 0.6) is 5.75 Å². The van der Waals surface area contributed by atoms with E-state index in [2.05, 4.69) is 10.2 Å². The van der Waals surface area contributed by atoms with E-state index in [1.807, 2.05) is 65.2 Å². The molecule has 0 radical (unpaired) electrons. The van der Waals surface area contributed by atoms with Gasteiger partial charge in [-0.25, -0.2) is 0 Å². The molecule has 2 heterocycles. The molecule has 0 N–H and O–H groups in total. The second-order valence-corrected chi connectivity index (χ2v) is 8.75. The zero-order valence-electron chi connectivity index (χ0n) is 18.3. The standard InChI is InChI=1S/C24H23ClN4O3S/c1-28(14-17-5-3-6-20(13-17)31-2)22(30)16-33-24-27-26-23(18-8-10-19(25)11-9-18)29(24)15-21-7-4-12-32-21/h3-13H,14-16H2,1-2H3. The van der Waals surface area contributed by atoms with Gasteiger partial charge < -0.3 is 14.1 Å². The first-order chi connectivity index (χ1) is 16.0. The van der Waals surface area contributed by atoms with Crippen molar-refractivity contribution in [2.24, 2.45) is 0 Å². The normalized spacial score (nSPS) is 10.9. The van der Waals surface area contributed by atoms with Crippen molar-refractivity contribution in [1.82, 2.24) is 19.7 Å². The maximum Gasteiger partial charge on any atom is 0.233 e. The predicted molar refractivity (Wildman–Crippen MR) is 128 cm³/mol. The van der Waals surface area contributed by atoms with Crippen LogP contribution >= 0.6 is 23.4 Å². The van der Waals surface area contributed by atoms with E-state index in [1.54, 1.807) is 25.3 Å². The highest BCUT2D eigenvalue weighted by Gasteiger charge is 2.18. The molecular weight excluding hydrogens is 460 g/mol. The van der Waals surface area contributed by atoms with Crippen LogP contribution in [0.1, 0.15) is 11.3 Å². The van der Waals surface area contributed by atoms with Crippen LogP contribution < -0.4 is 4.74 Å². The Morgan fingerprint density at radius 1 is 1.15 bits per heavy atom. The molecule has 1 amide bonds. The molecule has 4 aromatic rings. The summed E-state index contributed by atoms with van der Waals surface area (Å²) in [5, 5.41) is 10.0. The molecule has 0 atom stereocenters. The van der Waals surface area contributed by atoms with Crippen molar-refractivity contribution < 1.29 is 13.9 Å². The van der Waals surface area contributed by atoms with Gasteiger partial charge in [0.05, 0.1) is 25.7 Å². The average Bonchev–Trinajstić information content (AvgIpc) is 3.48. The lowest BCUT2D eigenvalue weighted by Gasteiger charge is -2.17. The van der Waals surface area contributed by atoms with Crippen LogP contribution in [-0.2, 0) is 17.9 Å². The first kappa shape index (κ1) is 22.9. The molecule has 0 aliphatic rings. The molecule has 2 aromatic heterocycles. The largest absolute Gasteiger partial charge is 0.497 e. The highest BCUT2D eigenvalue weighted by molar-refractivity contribution is 7.99. The van der Waals surface area contributed by atoms with Crippen molar-refractivity contribution in [3.8, 4) is 17.1 Å². The van der Waals surface area contributed by atoms with Crippen molar-refractivity contribution in [3.05, 3.63) is 83.3 Å². The average molecular weight is 483 g/mol. The first-order valence-electron chi connectivity index (χ1n) is 10.2. The summed E-state index contributed by atoms with van der Waals surface area (Å²) in [6.45, 7) is 0.944. The number of carbonyl (C=O) groups is 1. The fraction of sp³-hybridized carbons (Fsp3) is 0.208. The summed E-state index contributed by atoms with van der Waals surface area (Å²) in [6, 6.07) is 18.8. The second-order valence-electron chi connectivity index (χ2n) is 7.37. The van der Waals surface area contributed by atoms with Crippen LogP contribution in [0.25, 0.3) is 11.4 Å². The van der Waals surface area contributed by atoms with Gasteiger partial charge in [0, 0.05) is 24.2 Å². The van der Waals surface area contributed by atoms with Gasteiger partial charge in [-0.3, -0.25) is 9.36 Å². The third-order valence-electron chi connectivity index (χ3n) is 5.02. The van der Waals surface area contributed by atoms with Crippen LogP contribution in [-0.4, -0.2) is 45.5 Å². The van der Waals surface area contributed by atoms with Crippen LogP contribution in [0.4, 0.5) is 0 Å². The zero-order valence-corrected chi connectivity index (χ0v) is 19.8. The second kappa shape index (κ2) is 10.6. The fourth-order valence-corrected chi connectivity index (χ4v) is 4.28. The Hall–Kier alpha value is -3.23. The quantitative estimate of drug-likeness (QED) is 0.312. The van der Waals surface area contributed by atoms with Crippen LogP contribution in [0, 0.1) is 0 Å². The fourth-order valence-electron chi connectivity index (χ4n) is 3.28. The third-order valence-corrected chi connectivity index (χ3v) is 6.22. The molecule has 0 bridgehead atoms. The number of hydrogen-bond acceptors (Lipinski definition) is 6. The Morgan fingerprint density at radius 2 is 1.97 bits per heavy atom. The van der Waals surface area contributed by atoms with Crippen LogP contribution in [0.15, 0.2) is 76.5 Å². The SMILES string of the molecule is COc1cccc(CN(C)C(=O)CSc2nnc(-c3ccc(Cl)cc3)n2Cc2ccco2)c1. The van der Waals surface area contributed by atoms with Crippen molar-refractivity contribution in [2.75, 3.05) is 19.9 Å². The smallest absolute Gasteiger partial charge is 0.233 e. The summed E-state index contributed by atoms with van der Waals surface area (Å²) >= 11 is 7.39. The molecule has 170 valence electrons. The number of hydrogen-bond donors (Lipinski definition) is 0. The van der Waals surface area contributed by atoms with Crippen molar-refractivity contribution in [1.29, 1.82) is 0 Å². The first-order valence-corrected chi connectivity index (χ1v) is 11.6. The number of amides is 1. The highest BCUT2D eigenvalue weighted by Crippen LogP contribution is 2.26. The van der Waals surface area contributed by atoms with Gasteiger partial charge in [0.15, 0.2) is 11.0 Å². The van der Waals surface area contributed by atoms with E-state index in [9.17, 15) is 4.79 Å². The molecular formula is C24H23ClN4O3S. The molecule has 33 heavy (non-hydrogen) atoms. The molecule has 0 spiro atoms. The monoisotopic (exact) mass is 482 g/mol. The summed E-state index contributed by atoms with van der Waals surface area (Å²) < 4.78 is 12.7. The van der Waals surface area contributed by atoms with E-state index >= 15 is 0 Å². The van der Waals surface area contributed by atoms with E-state index < -0.39 is 0 Å². The number of methoxy groups -OCH3 is 1. The highest BCUT2D eigenvalue weighted by atomic mass is 35.5. The van der Waals surface area contributed by atoms with E-state index in [0.29, 0.717) is 29.1 Å². The maximum absolute atomic E-state index is 12.8. The molecule has 4 rings (SSSR count). The Kier molecular flexibility index (Phi) is 7.36. The molecule has 0 saturated carbocycles. The maximum atomic E-state index is 12.8. The Labute approximate surface area is 201 Å². The molecule has 2 aromatic carbocycles. The number of ether oxygens (including phenoxy) is 1. The van der Waals surface area contributed by atoms with Gasteiger partial charge >= 0.3 is 0 Å². The van der Waals surface area contributed by atoms with Crippen LogP contribution in [0.3, 0.4) is 0 Å². The lowest BCUT2D eigenvalue weighted by molar-refractivity contribution is -0.127. The van der Waals surface area contributed by atoms with E-state index in [4.69, 9.17) is 20.8 Å². The molecule has 0 aliphatic heterocycles. The minimum absolute atomic E-state index is 0.0107. The summed E-state index contributed by atoms with van der Waals surface area (Å²) in [6.07, 6.45) is 1.63. The van der Waals surface area contributed by atoms with Gasteiger partial charge in [0.1, 0.15) is 11.5 Å². The van der Waals surface area contributed by atoms with Gasteiger partial charge in [0.25, 0.3) is 0 Å².